The van der Waals surface area contributed by atoms with Crippen molar-refractivity contribution in [3.05, 3.63) is 11.6 Å². The molecule has 0 aromatic carbocycles. The average molecular weight is 897 g/mol. The van der Waals surface area contributed by atoms with Crippen molar-refractivity contribution >= 4 is 5.97 Å². The maximum atomic E-state index is 13.1. The molecule has 16 heteroatoms. The van der Waals surface area contributed by atoms with Crippen LogP contribution in [0.5, 0.6) is 0 Å². The second kappa shape index (κ2) is 16.7. The lowest BCUT2D eigenvalue weighted by atomic mass is 9.33. The smallest absolute Gasteiger partial charge is 0.310 e. The summed E-state index contributed by atoms with van der Waals surface area (Å²) in [6, 6.07) is 0. The second-order valence-corrected chi connectivity index (χ2v) is 23.0. The largest absolute Gasteiger partial charge is 0.481 e. The van der Waals surface area contributed by atoms with Crippen molar-refractivity contribution in [3.8, 4) is 0 Å². The molecule has 5 aliphatic carbocycles. The van der Waals surface area contributed by atoms with Crippen molar-refractivity contribution in [1.82, 2.24) is 0 Å². The van der Waals surface area contributed by atoms with Gasteiger partial charge in [0.2, 0.25) is 0 Å². The van der Waals surface area contributed by atoms with E-state index in [1.165, 1.54) is 12.5 Å². The third-order valence-corrected chi connectivity index (χ3v) is 18.9. The number of fused-ring (bicyclic) bond motifs is 7. The van der Waals surface area contributed by atoms with Gasteiger partial charge in [-0.1, -0.05) is 60.1 Å². The lowest BCUT2D eigenvalue weighted by Gasteiger charge is -2.71. The molecule has 22 atom stereocenters. The van der Waals surface area contributed by atoms with Crippen LogP contribution < -0.4 is 0 Å². The SMILES string of the molecule is C[C@H]1O[C@@H](O[C@H]2[C@H](OC3CC[C@@]4(C)C(CC[C@]5(C)C4CC=C4C6CC(C)(C)CC[C@]6(C(=O)O)CC[C@]45C)C3(C)C)OC[C@H](O)[C@H]2O)[C@H](O)[C@H](O[C@@H]2O[C@H](CO)[C@@H](O)[C@H](O)[C@H]2O)[C@H]1O. The van der Waals surface area contributed by atoms with E-state index in [4.69, 9.17) is 28.4 Å². The number of hydrogen-bond acceptors (Lipinski definition) is 15. The van der Waals surface area contributed by atoms with E-state index in [1.807, 2.05) is 0 Å². The molecule has 7 fully saturated rings. The molecular weight excluding hydrogens is 821 g/mol. The summed E-state index contributed by atoms with van der Waals surface area (Å²) in [5.41, 5.74) is 0.208. The highest BCUT2D eigenvalue weighted by Gasteiger charge is 2.70. The van der Waals surface area contributed by atoms with Gasteiger partial charge >= 0.3 is 5.97 Å². The maximum absolute atomic E-state index is 13.1. The van der Waals surface area contributed by atoms with Gasteiger partial charge in [-0.15, -0.1) is 0 Å². The molecule has 0 spiro atoms. The molecule has 4 saturated carbocycles. The predicted octanol–water partition coefficient (Wildman–Crippen LogP) is 2.37. The quantitative estimate of drug-likeness (QED) is 0.125. The first kappa shape index (κ1) is 48.1. The van der Waals surface area contributed by atoms with Gasteiger partial charge in [0.25, 0.3) is 0 Å². The minimum atomic E-state index is -1.80. The molecule has 0 aromatic heterocycles. The van der Waals surface area contributed by atoms with E-state index in [9.17, 15) is 50.8 Å². The van der Waals surface area contributed by atoms with Gasteiger partial charge in [-0.05, 0) is 116 Å². The Labute approximate surface area is 371 Å². The number of carboxylic acid groups (broad SMARTS) is 1. The van der Waals surface area contributed by atoms with Crippen LogP contribution in [0, 0.1) is 50.2 Å². The number of carboxylic acids is 1. The first-order chi connectivity index (χ1) is 29.4. The third-order valence-electron chi connectivity index (χ3n) is 18.9. The first-order valence-corrected chi connectivity index (χ1v) is 23.6. The lowest BCUT2D eigenvalue weighted by molar-refractivity contribution is -0.382. The number of hydrogen-bond donors (Lipinski definition) is 9. The minimum absolute atomic E-state index is 0.0278. The fraction of sp³-hybridized carbons (Fsp3) is 0.936. The Kier molecular flexibility index (Phi) is 12.8. The zero-order valence-corrected chi connectivity index (χ0v) is 38.3. The van der Waals surface area contributed by atoms with Crippen LogP contribution in [0.4, 0.5) is 0 Å². The van der Waals surface area contributed by atoms with Crippen LogP contribution in [0.1, 0.15) is 120 Å². The monoisotopic (exact) mass is 897 g/mol. The molecule has 63 heavy (non-hydrogen) atoms. The number of carbonyl (C=O) groups is 1. The molecule has 4 unspecified atom stereocenters. The molecule has 16 nitrogen and oxygen atoms in total. The molecule has 0 bridgehead atoms. The number of allylic oxidation sites excluding steroid dienone is 2. The molecule has 0 radical (unpaired) electrons. The molecule has 3 heterocycles. The van der Waals surface area contributed by atoms with Crippen molar-refractivity contribution in [2.75, 3.05) is 13.2 Å². The maximum Gasteiger partial charge on any atom is 0.310 e. The van der Waals surface area contributed by atoms with Crippen LogP contribution in [0.25, 0.3) is 0 Å². The number of aliphatic hydroxyl groups is 8. The minimum Gasteiger partial charge on any atom is -0.481 e. The highest BCUT2D eigenvalue weighted by Crippen LogP contribution is 2.76. The second-order valence-electron chi connectivity index (χ2n) is 23.0. The van der Waals surface area contributed by atoms with Gasteiger partial charge in [0.05, 0.1) is 30.8 Å². The summed E-state index contributed by atoms with van der Waals surface area (Å²) >= 11 is 0. The molecule has 3 aliphatic heterocycles. The van der Waals surface area contributed by atoms with Gasteiger partial charge in [-0.25, -0.2) is 0 Å². The fourth-order valence-corrected chi connectivity index (χ4v) is 14.8. The van der Waals surface area contributed by atoms with Gasteiger partial charge in [0, 0.05) is 0 Å². The van der Waals surface area contributed by atoms with E-state index in [0.29, 0.717) is 18.8 Å². The van der Waals surface area contributed by atoms with E-state index < -0.39 is 104 Å². The van der Waals surface area contributed by atoms with E-state index in [2.05, 4.69) is 54.5 Å². The molecule has 8 aliphatic rings. The number of aliphatic hydroxyl groups excluding tert-OH is 8. The molecule has 0 amide bonds. The number of rotatable bonds is 8. The Hall–Kier alpha value is -1.35. The summed E-state index contributed by atoms with van der Waals surface area (Å²) in [6.45, 7) is 17.0. The number of ether oxygens (including phenoxy) is 6. The molecule has 0 aromatic rings. The van der Waals surface area contributed by atoms with Crippen molar-refractivity contribution in [2.24, 2.45) is 50.2 Å². The number of aliphatic carboxylic acids is 1. The zero-order chi connectivity index (χ0) is 46.0. The van der Waals surface area contributed by atoms with Crippen molar-refractivity contribution in [3.63, 3.8) is 0 Å². The zero-order valence-electron chi connectivity index (χ0n) is 38.3. The van der Waals surface area contributed by atoms with Gasteiger partial charge in [0.1, 0.15) is 61.0 Å². The third kappa shape index (κ3) is 7.51. The van der Waals surface area contributed by atoms with E-state index >= 15 is 0 Å². The summed E-state index contributed by atoms with van der Waals surface area (Å²) in [7, 11) is 0. The Bertz CT molecular complexity index is 1720. The molecule has 3 saturated heterocycles. The summed E-state index contributed by atoms with van der Waals surface area (Å²) in [4.78, 5) is 13.1. The van der Waals surface area contributed by atoms with Crippen LogP contribution in [0.15, 0.2) is 11.6 Å². The van der Waals surface area contributed by atoms with Crippen LogP contribution in [0.2, 0.25) is 0 Å². The molecular formula is C47H76O16. The fourth-order valence-electron chi connectivity index (χ4n) is 14.8. The van der Waals surface area contributed by atoms with Crippen LogP contribution in [-0.4, -0.2) is 157 Å². The van der Waals surface area contributed by atoms with Gasteiger partial charge < -0.3 is 74.4 Å². The van der Waals surface area contributed by atoms with E-state index in [-0.39, 0.29) is 51.6 Å². The topological polar surface area (TPSA) is 255 Å². The van der Waals surface area contributed by atoms with E-state index in [1.54, 1.807) is 0 Å². The van der Waals surface area contributed by atoms with E-state index in [0.717, 1.165) is 51.4 Å². The van der Waals surface area contributed by atoms with Crippen LogP contribution in [0.3, 0.4) is 0 Å². The highest BCUT2D eigenvalue weighted by atomic mass is 16.8. The van der Waals surface area contributed by atoms with Crippen molar-refractivity contribution in [2.45, 2.75) is 212 Å². The Balaban J connectivity index is 0.999. The Morgan fingerprint density at radius 2 is 1.38 bits per heavy atom. The normalized spacial score (nSPS) is 54.1. The van der Waals surface area contributed by atoms with Gasteiger partial charge in [-0.2, -0.15) is 0 Å². The predicted molar refractivity (Wildman–Crippen MR) is 223 cm³/mol. The van der Waals surface area contributed by atoms with Gasteiger partial charge in [0.15, 0.2) is 18.9 Å². The summed E-state index contributed by atoms with van der Waals surface area (Å²) in [5, 5.41) is 96.4. The highest BCUT2D eigenvalue weighted by molar-refractivity contribution is 5.76. The van der Waals surface area contributed by atoms with Crippen molar-refractivity contribution in [1.29, 1.82) is 0 Å². The summed E-state index contributed by atoms with van der Waals surface area (Å²) in [5.74, 6) is 0.0213. The lowest BCUT2D eigenvalue weighted by Crippen LogP contribution is -2.66. The average Bonchev–Trinajstić information content (AvgIpc) is 3.21. The molecule has 360 valence electrons. The van der Waals surface area contributed by atoms with Gasteiger partial charge in [-0.3, -0.25) is 4.79 Å². The molecule has 9 N–H and O–H groups in total. The Morgan fingerprint density at radius 3 is 2.06 bits per heavy atom. The first-order valence-electron chi connectivity index (χ1n) is 23.6. The summed E-state index contributed by atoms with van der Waals surface area (Å²) < 4.78 is 36.3. The summed E-state index contributed by atoms with van der Waals surface area (Å²) in [6.07, 6.45) is -10.3. The molecule has 8 rings (SSSR count). The standard InChI is InChI=1S/C47H76O16/c1-22-30(50)36(62-38-34(54)33(53)32(52)26(20-48)60-38)35(55)39(59-22)63-37-31(51)25(49)21-58-40(37)61-29-12-13-44(6)27(43(29,4)5)11-14-46(8)28(44)10-9-23-24-19-42(2,3)15-17-47(24,41(56)57)18-16-45(23,46)7/h9,22,24-40,48-55H,10-21H2,1-8H3,(H,56,57)/t22-,24?,25+,26-,27?,28?,29?,30+,31-,32-,33+,34-,35-,36-,37-,38+,39+,40+,44+,45-,46-,47+/m1/s1. The van der Waals surface area contributed by atoms with Crippen LogP contribution in [-0.2, 0) is 33.2 Å². The van der Waals surface area contributed by atoms with Crippen molar-refractivity contribution < 1.29 is 79.2 Å². The van der Waals surface area contributed by atoms with Crippen LogP contribution >= 0.6 is 0 Å². The Morgan fingerprint density at radius 1 is 0.714 bits per heavy atom.